The first kappa shape index (κ1) is 23.5. The van der Waals surface area contributed by atoms with Crippen LogP contribution in [-0.4, -0.2) is 30.1 Å². The van der Waals surface area contributed by atoms with Gasteiger partial charge in [-0.25, -0.2) is 0 Å². The number of nitrogens with one attached hydrogen (secondary N) is 3. The quantitative estimate of drug-likeness (QED) is 0.311. The third kappa shape index (κ3) is 4.92. The van der Waals surface area contributed by atoms with Crippen molar-refractivity contribution in [3.05, 3.63) is 99.8 Å². The molecule has 182 valence electrons. The fourth-order valence-corrected chi connectivity index (χ4v) is 4.44. The van der Waals surface area contributed by atoms with Crippen molar-refractivity contribution in [1.82, 2.24) is 15.6 Å². The van der Waals surface area contributed by atoms with E-state index in [1.807, 2.05) is 25.1 Å². The highest BCUT2D eigenvalue weighted by atomic mass is 35.5. The molecular formula is C28H24ClN3O4. The number of para-hydroxylation sites is 1. The first-order chi connectivity index (χ1) is 17.5. The van der Waals surface area contributed by atoms with Gasteiger partial charge in [0.25, 0.3) is 11.8 Å². The van der Waals surface area contributed by atoms with Gasteiger partial charge in [0.1, 0.15) is 5.70 Å². The molecule has 1 aliphatic rings. The van der Waals surface area contributed by atoms with Crippen LogP contribution in [-0.2, 0) is 11.2 Å². The van der Waals surface area contributed by atoms with Gasteiger partial charge >= 0.3 is 0 Å². The molecule has 5 rings (SSSR count). The lowest BCUT2D eigenvalue weighted by atomic mass is 10.1. The predicted octanol–water partition coefficient (Wildman–Crippen LogP) is 4.99. The van der Waals surface area contributed by atoms with Gasteiger partial charge in [0, 0.05) is 23.1 Å². The topological polar surface area (TPSA) is 92.5 Å². The largest absolute Gasteiger partial charge is 0.454 e. The highest BCUT2D eigenvalue weighted by Gasteiger charge is 2.18. The summed E-state index contributed by atoms with van der Waals surface area (Å²) in [7, 11) is 0. The van der Waals surface area contributed by atoms with Gasteiger partial charge in [-0.15, -0.1) is 0 Å². The van der Waals surface area contributed by atoms with E-state index in [0.29, 0.717) is 35.1 Å². The summed E-state index contributed by atoms with van der Waals surface area (Å²) in [5.41, 5.74) is 4.32. The molecule has 1 aliphatic heterocycles. The van der Waals surface area contributed by atoms with Crippen molar-refractivity contribution in [3.63, 3.8) is 0 Å². The standard InChI is InChI=1S/C28H24ClN3O4/c1-17-19(20-6-3-5-9-23(20)31-17)12-13-30-28(34)24(32-27(33)21-7-2-4-8-22(21)29)14-18-10-11-25-26(15-18)36-16-35-25/h2-11,14-15,31H,12-13,16H2,1H3,(H,30,34)(H,32,33)/b24-14-. The average molecular weight is 502 g/mol. The molecule has 8 heteroatoms. The molecule has 4 aromatic rings. The number of halogens is 1. The molecule has 36 heavy (non-hydrogen) atoms. The van der Waals surface area contributed by atoms with Crippen molar-refractivity contribution in [3.8, 4) is 11.5 Å². The Labute approximate surface area is 213 Å². The van der Waals surface area contributed by atoms with E-state index < -0.39 is 11.8 Å². The molecular weight excluding hydrogens is 478 g/mol. The molecule has 3 aromatic carbocycles. The number of carbonyl (C=O) groups is 2. The Kier molecular flexibility index (Phi) is 6.64. The van der Waals surface area contributed by atoms with Crippen LogP contribution < -0.4 is 20.1 Å². The van der Waals surface area contributed by atoms with Gasteiger partial charge in [-0.05, 0) is 60.9 Å². The molecule has 0 aliphatic carbocycles. The van der Waals surface area contributed by atoms with Crippen LogP contribution in [0.5, 0.6) is 11.5 Å². The number of benzene rings is 3. The van der Waals surface area contributed by atoms with E-state index in [1.165, 1.54) is 0 Å². The van der Waals surface area contributed by atoms with Gasteiger partial charge in [-0.2, -0.15) is 0 Å². The minimum absolute atomic E-state index is 0.0921. The molecule has 2 heterocycles. The summed E-state index contributed by atoms with van der Waals surface area (Å²) in [6.45, 7) is 2.56. The van der Waals surface area contributed by atoms with E-state index in [2.05, 4.69) is 21.7 Å². The molecule has 0 fully saturated rings. The number of H-pyrrole nitrogens is 1. The van der Waals surface area contributed by atoms with E-state index in [0.717, 1.165) is 22.2 Å². The van der Waals surface area contributed by atoms with Crippen molar-refractivity contribution in [1.29, 1.82) is 0 Å². The Morgan fingerprint density at radius 2 is 1.81 bits per heavy atom. The lowest BCUT2D eigenvalue weighted by Crippen LogP contribution is -2.36. The zero-order valence-corrected chi connectivity index (χ0v) is 20.3. The minimum atomic E-state index is -0.477. The van der Waals surface area contributed by atoms with Crippen molar-refractivity contribution in [2.45, 2.75) is 13.3 Å². The van der Waals surface area contributed by atoms with E-state index in [4.69, 9.17) is 21.1 Å². The lowest BCUT2D eigenvalue weighted by molar-refractivity contribution is -0.117. The van der Waals surface area contributed by atoms with Crippen molar-refractivity contribution in [2.24, 2.45) is 0 Å². The van der Waals surface area contributed by atoms with Gasteiger partial charge in [-0.3, -0.25) is 9.59 Å². The SMILES string of the molecule is Cc1[nH]c2ccccc2c1CCNC(=O)/C(=C/c1ccc2c(c1)OCO2)NC(=O)c1ccccc1Cl. The van der Waals surface area contributed by atoms with Crippen molar-refractivity contribution >= 4 is 40.4 Å². The van der Waals surface area contributed by atoms with Gasteiger partial charge in [-0.1, -0.05) is 48.0 Å². The summed E-state index contributed by atoms with van der Waals surface area (Å²) in [5, 5.41) is 7.09. The smallest absolute Gasteiger partial charge is 0.267 e. The number of carbonyl (C=O) groups excluding carboxylic acids is 2. The molecule has 2 amide bonds. The highest BCUT2D eigenvalue weighted by molar-refractivity contribution is 6.34. The number of amides is 2. The summed E-state index contributed by atoms with van der Waals surface area (Å²) >= 11 is 6.20. The lowest BCUT2D eigenvalue weighted by Gasteiger charge is -2.12. The van der Waals surface area contributed by atoms with Gasteiger partial charge in [0.2, 0.25) is 6.79 Å². The predicted molar refractivity (Wildman–Crippen MR) is 139 cm³/mol. The Balaban J connectivity index is 1.36. The van der Waals surface area contributed by atoms with Crippen LogP contribution >= 0.6 is 11.6 Å². The fourth-order valence-electron chi connectivity index (χ4n) is 4.22. The summed E-state index contributed by atoms with van der Waals surface area (Å²) in [5.74, 6) is 0.323. The Bertz CT molecular complexity index is 1490. The number of aromatic amines is 1. The summed E-state index contributed by atoms with van der Waals surface area (Å²) < 4.78 is 10.8. The molecule has 0 bridgehead atoms. The summed E-state index contributed by atoms with van der Waals surface area (Å²) in [6.07, 6.45) is 2.24. The highest BCUT2D eigenvalue weighted by Crippen LogP contribution is 2.33. The van der Waals surface area contributed by atoms with Gasteiger partial charge in [0.15, 0.2) is 11.5 Å². The molecule has 0 saturated heterocycles. The number of hydrogen-bond acceptors (Lipinski definition) is 4. The fraction of sp³-hybridized carbons (Fsp3) is 0.143. The molecule has 0 spiro atoms. The molecule has 0 atom stereocenters. The van der Waals surface area contributed by atoms with E-state index in [-0.39, 0.29) is 18.1 Å². The minimum Gasteiger partial charge on any atom is -0.454 e. The molecule has 0 radical (unpaired) electrons. The number of rotatable bonds is 7. The molecule has 0 unspecified atom stereocenters. The van der Waals surface area contributed by atoms with Crippen LogP contribution in [0.4, 0.5) is 0 Å². The van der Waals surface area contributed by atoms with Gasteiger partial charge < -0.3 is 25.1 Å². The summed E-state index contributed by atoms with van der Waals surface area (Å²) in [4.78, 5) is 29.5. The first-order valence-electron chi connectivity index (χ1n) is 11.5. The second-order valence-corrected chi connectivity index (χ2v) is 8.79. The van der Waals surface area contributed by atoms with E-state index >= 15 is 0 Å². The number of aryl methyl sites for hydroxylation is 1. The maximum Gasteiger partial charge on any atom is 0.267 e. The van der Waals surface area contributed by atoms with Crippen molar-refractivity contribution in [2.75, 3.05) is 13.3 Å². The zero-order valence-electron chi connectivity index (χ0n) is 19.6. The Morgan fingerprint density at radius 1 is 1.03 bits per heavy atom. The van der Waals surface area contributed by atoms with Crippen LogP contribution in [0.2, 0.25) is 5.02 Å². The third-order valence-electron chi connectivity index (χ3n) is 6.01. The average Bonchev–Trinajstić information content (AvgIpc) is 3.47. The number of aromatic nitrogens is 1. The zero-order chi connectivity index (χ0) is 25.1. The third-order valence-corrected chi connectivity index (χ3v) is 6.34. The van der Waals surface area contributed by atoms with Crippen LogP contribution in [0.15, 0.2) is 72.4 Å². The van der Waals surface area contributed by atoms with Crippen LogP contribution in [0.3, 0.4) is 0 Å². The van der Waals surface area contributed by atoms with Crippen LogP contribution in [0, 0.1) is 6.92 Å². The van der Waals surface area contributed by atoms with Crippen LogP contribution in [0.1, 0.15) is 27.2 Å². The monoisotopic (exact) mass is 501 g/mol. The van der Waals surface area contributed by atoms with Crippen molar-refractivity contribution < 1.29 is 19.1 Å². The Morgan fingerprint density at radius 3 is 2.67 bits per heavy atom. The number of fused-ring (bicyclic) bond motifs is 2. The first-order valence-corrected chi connectivity index (χ1v) is 11.9. The number of hydrogen-bond donors (Lipinski definition) is 3. The Hall–Kier alpha value is -4.23. The molecule has 1 aromatic heterocycles. The van der Waals surface area contributed by atoms with Gasteiger partial charge in [0.05, 0.1) is 10.6 Å². The van der Waals surface area contributed by atoms with Crippen LogP contribution in [0.25, 0.3) is 17.0 Å². The van der Waals surface area contributed by atoms with E-state index in [1.54, 1.807) is 48.5 Å². The number of ether oxygens (including phenoxy) is 2. The second-order valence-electron chi connectivity index (χ2n) is 8.38. The normalized spacial score (nSPS) is 12.6. The maximum absolute atomic E-state index is 13.2. The second kappa shape index (κ2) is 10.2. The van der Waals surface area contributed by atoms with E-state index in [9.17, 15) is 9.59 Å². The summed E-state index contributed by atoms with van der Waals surface area (Å²) in [6, 6.07) is 20.1. The maximum atomic E-state index is 13.2. The molecule has 7 nitrogen and oxygen atoms in total. The molecule has 3 N–H and O–H groups in total. The molecule has 0 saturated carbocycles.